The van der Waals surface area contributed by atoms with Crippen molar-refractivity contribution < 1.29 is 14.3 Å². The lowest BCUT2D eigenvalue weighted by Crippen LogP contribution is -2.15. The molecular formula is C14H11BrFNO2. The Bertz CT molecular complexity index is 616. The van der Waals surface area contributed by atoms with Crippen molar-refractivity contribution >= 4 is 27.5 Å². The van der Waals surface area contributed by atoms with Gasteiger partial charge in [-0.3, -0.25) is 4.79 Å². The fourth-order valence-electron chi connectivity index (χ4n) is 1.63. The SMILES string of the molecule is O=C(Cc1cccc(Br)c1)Nc1ccc(O)cc1F. The molecule has 0 fully saturated rings. The summed E-state index contributed by atoms with van der Waals surface area (Å²) in [6, 6.07) is 10.9. The highest BCUT2D eigenvalue weighted by atomic mass is 79.9. The Balaban J connectivity index is 2.05. The van der Waals surface area contributed by atoms with Crippen LogP contribution in [0.5, 0.6) is 5.75 Å². The van der Waals surface area contributed by atoms with Gasteiger partial charge in [0.25, 0.3) is 0 Å². The van der Waals surface area contributed by atoms with Gasteiger partial charge in [-0.2, -0.15) is 0 Å². The highest BCUT2D eigenvalue weighted by molar-refractivity contribution is 9.10. The average Bonchev–Trinajstić information content (AvgIpc) is 2.33. The zero-order valence-electron chi connectivity index (χ0n) is 9.86. The number of anilines is 1. The standard InChI is InChI=1S/C14H11BrFNO2/c15-10-3-1-2-9(6-10)7-14(19)17-13-5-4-11(18)8-12(13)16/h1-6,8,18H,7H2,(H,17,19). The molecule has 0 aliphatic heterocycles. The van der Waals surface area contributed by atoms with Crippen LogP contribution in [0.25, 0.3) is 0 Å². The first-order chi connectivity index (χ1) is 9.04. The molecule has 0 bridgehead atoms. The fourth-order valence-corrected chi connectivity index (χ4v) is 2.08. The Hall–Kier alpha value is -1.88. The van der Waals surface area contributed by atoms with Gasteiger partial charge in [0.05, 0.1) is 12.1 Å². The van der Waals surface area contributed by atoms with Gasteiger partial charge in [-0.1, -0.05) is 28.1 Å². The quantitative estimate of drug-likeness (QED) is 0.850. The lowest BCUT2D eigenvalue weighted by Gasteiger charge is -2.07. The van der Waals surface area contributed by atoms with E-state index in [0.717, 1.165) is 16.1 Å². The van der Waals surface area contributed by atoms with Gasteiger partial charge < -0.3 is 10.4 Å². The molecule has 98 valence electrons. The first kappa shape index (κ1) is 13.5. The highest BCUT2D eigenvalue weighted by Gasteiger charge is 2.08. The summed E-state index contributed by atoms with van der Waals surface area (Å²) >= 11 is 3.32. The topological polar surface area (TPSA) is 49.3 Å². The summed E-state index contributed by atoms with van der Waals surface area (Å²) < 4.78 is 14.3. The smallest absolute Gasteiger partial charge is 0.228 e. The highest BCUT2D eigenvalue weighted by Crippen LogP contribution is 2.20. The van der Waals surface area contributed by atoms with E-state index < -0.39 is 5.82 Å². The molecule has 3 nitrogen and oxygen atoms in total. The van der Waals surface area contributed by atoms with Crippen molar-refractivity contribution in [1.29, 1.82) is 0 Å². The number of hydrogen-bond acceptors (Lipinski definition) is 2. The maximum absolute atomic E-state index is 13.4. The van der Waals surface area contributed by atoms with Crippen LogP contribution in [-0.2, 0) is 11.2 Å². The van der Waals surface area contributed by atoms with Crippen LogP contribution in [0.4, 0.5) is 10.1 Å². The number of phenolic OH excluding ortho intramolecular Hbond substituents is 1. The third-order valence-electron chi connectivity index (χ3n) is 2.48. The number of amides is 1. The van der Waals surface area contributed by atoms with Crippen molar-refractivity contribution in [3.63, 3.8) is 0 Å². The van der Waals surface area contributed by atoms with E-state index in [1.807, 2.05) is 24.3 Å². The molecule has 2 rings (SSSR count). The van der Waals surface area contributed by atoms with Crippen LogP contribution in [-0.4, -0.2) is 11.0 Å². The molecule has 19 heavy (non-hydrogen) atoms. The number of phenols is 1. The molecule has 2 aromatic carbocycles. The summed E-state index contributed by atoms with van der Waals surface area (Å²) in [5.41, 5.74) is 0.879. The van der Waals surface area contributed by atoms with Gasteiger partial charge in [0.2, 0.25) is 5.91 Å². The summed E-state index contributed by atoms with van der Waals surface area (Å²) in [5, 5.41) is 11.5. The lowest BCUT2D eigenvalue weighted by molar-refractivity contribution is -0.115. The number of hydrogen-bond donors (Lipinski definition) is 2. The minimum Gasteiger partial charge on any atom is -0.508 e. The largest absolute Gasteiger partial charge is 0.508 e. The van der Waals surface area contributed by atoms with Crippen molar-refractivity contribution in [2.45, 2.75) is 6.42 Å². The van der Waals surface area contributed by atoms with Gasteiger partial charge in [-0.05, 0) is 29.8 Å². The van der Waals surface area contributed by atoms with E-state index >= 15 is 0 Å². The monoisotopic (exact) mass is 323 g/mol. The number of carbonyl (C=O) groups is 1. The predicted octanol–water partition coefficient (Wildman–Crippen LogP) is 3.48. The Morgan fingerprint density at radius 3 is 2.74 bits per heavy atom. The summed E-state index contributed by atoms with van der Waals surface area (Å²) in [4.78, 5) is 11.8. The second-order valence-electron chi connectivity index (χ2n) is 4.02. The molecule has 0 saturated carbocycles. The van der Waals surface area contributed by atoms with Gasteiger partial charge in [0.15, 0.2) is 0 Å². The van der Waals surface area contributed by atoms with Gasteiger partial charge in [0.1, 0.15) is 11.6 Å². The van der Waals surface area contributed by atoms with Crippen LogP contribution in [0.3, 0.4) is 0 Å². The van der Waals surface area contributed by atoms with Crippen molar-refractivity contribution in [2.75, 3.05) is 5.32 Å². The summed E-state index contributed by atoms with van der Waals surface area (Å²) in [6.07, 6.45) is 0.153. The third kappa shape index (κ3) is 3.79. The number of halogens is 2. The zero-order chi connectivity index (χ0) is 13.8. The van der Waals surface area contributed by atoms with Crippen LogP contribution >= 0.6 is 15.9 Å². The van der Waals surface area contributed by atoms with Crippen LogP contribution in [0.2, 0.25) is 0 Å². The van der Waals surface area contributed by atoms with Crippen molar-refractivity contribution in [2.24, 2.45) is 0 Å². The number of nitrogens with one attached hydrogen (secondary N) is 1. The Morgan fingerprint density at radius 2 is 2.05 bits per heavy atom. The molecule has 0 saturated heterocycles. The van der Waals surface area contributed by atoms with Gasteiger partial charge in [0, 0.05) is 10.5 Å². The molecule has 0 atom stereocenters. The molecule has 0 radical (unpaired) electrons. The Kier molecular flexibility index (Phi) is 4.16. The van der Waals surface area contributed by atoms with E-state index in [2.05, 4.69) is 21.2 Å². The molecule has 0 aliphatic rings. The Labute approximate surface area is 118 Å². The summed E-state index contributed by atoms with van der Waals surface area (Å²) in [7, 11) is 0. The maximum Gasteiger partial charge on any atom is 0.228 e. The van der Waals surface area contributed by atoms with Gasteiger partial charge in [-0.25, -0.2) is 4.39 Å². The van der Waals surface area contributed by atoms with E-state index in [-0.39, 0.29) is 23.8 Å². The predicted molar refractivity (Wildman–Crippen MR) is 74.5 cm³/mol. The molecule has 2 aromatic rings. The normalized spacial score (nSPS) is 10.2. The van der Waals surface area contributed by atoms with Crippen molar-refractivity contribution in [3.05, 3.63) is 58.3 Å². The minimum absolute atomic E-state index is 0.0535. The average molecular weight is 324 g/mol. The second kappa shape index (κ2) is 5.84. The molecule has 2 N–H and O–H groups in total. The van der Waals surface area contributed by atoms with Crippen LogP contribution < -0.4 is 5.32 Å². The summed E-state index contributed by atoms with van der Waals surface area (Å²) in [5.74, 6) is -1.16. The molecule has 0 aliphatic carbocycles. The van der Waals surface area contributed by atoms with E-state index in [1.165, 1.54) is 12.1 Å². The molecule has 0 spiro atoms. The first-order valence-corrected chi connectivity index (χ1v) is 6.37. The number of aromatic hydroxyl groups is 1. The molecule has 0 aromatic heterocycles. The minimum atomic E-state index is -0.664. The van der Waals surface area contributed by atoms with E-state index in [1.54, 1.807) is 0 Å². The molecule has 5 heteroatoms. The number of benzene rings is 2. The maximum atomic E-state index is 13.4. The van der Waals surface area contributed by atoms with Crippen molar-refractivity contribution in [3.8, 4) is 5.75 Å². The van der Waals surface area contributed by atoms with E-state index in [4.69, 9.17) is 5.11 Å². The van der Waals surface area contributed by atoms with Crippen LogP contribution in [0, 0.1) is 5.82 Å². The van der Waals surface area contributed by atoms with E-state index in [0.29, 0.717) is 0 Å². The van der Waals surface area contributed by atoms with Gasteiger partial charge >= 0.3 is 0 Å². The van der Waals surface area contributed by atoms with Crippen molar-refractivity contribution in [1.82, 2.24) is 0 Å². The number of rotatable bonds is 3. The zero-order valence-corrected chi connectivity index (χ0v) is 11.4. The Morgan fingerprint density at radius 1 is 1.26 bits per heavy atom. The van der Waals surface area contributed by atoms with Crippen LogP contribution in [0.15, 0.2) is 46.9 Å². The molecule has 1 amide bonds. The lowest BCUT2D eigenvalue weighted by atomic mass is 10.1. The van der Waals surface area contributed by atoms with Crippen LogP contribution in [0.1, 0.15) is 5.56 Å². The number of carbonyl (C=O) groups excluding carboxylic acids is 1. The summed E-state index contributed by atoms with van der Waals surface area (Å²) in [6.45, 7) is 0. The van der Waals surface area contributed by atoms with E-state index in [9.17, 15) is 9.18 Å². The molecule has 0 heterocycles. The molecule has 0 unspecified atom stereocenters. The second-order valence-corrected chi connectivity index (χ2v) is 4.93. The fraction of sp³-hybridized carbons (Fsp3) is 0.0714. The van der Waals surface area contributed by atoms with Gasteiger partial charge in [-0.15, -0.1) is 0 Å². The first-order valence-electron chi connectivity index (χ1n) is 5.57. The third-order valence-corrected chi connectivity index (χ3v) is 2.97. The molecular weight excluding hydrogens is 313 g/mol.